The van der Waals surface area contributed by atoms with Crippen LogP contribution in [0, 0.1) is 0 Å². The molecule has 1 heterocycles. The van der Waals surface area contributed by atoms with E-state index in [1.54, 1.807) is 0 Å². The Labute approximate surface area is 113 Å². The van der Waals surface area contributed by atoms with Crippen molar-refractivity contribution in [3.63, 3.8) is 0 Å². The molecule has 1 aromatic carbocycles. The quantitative estimate of drug-likeness (QED) is 0.864. The maximum Gasteiger partial charge on any atom is 0.230 e. The minimum atomic E-state index is -0.0513. The molecule has 4 heteroatoms. The maximum atomic E-state index is 12.7. The zero-order chi connectivity index (χ0) is 13.2. The zero-order valence-electron chi connectivity index (χ0n) is 11.0. The molecule has 1 fully saturated rings. The van der Waals surface area contributed by atoms with Crippen LogP contribution in [0.4, 0.5) is 5.69 Å². The number of aliphatic hydroxyl groups excluding tert-OH is 1. The number of rotatable bonds is 4. The van der Waals surface area contributed by atoms with E-state index in [9.17, 15) is 4.79 Å². The van der Waals surface area contributed by atoms with Crippen LogP contribution in [0.1, 0.15) is 30.7 Å². The van der Waals surface area contributed by atoms with E-state index in [0.717, 1.165) is 37.1 Å². The molecule has 102 valence electrons. The number of para-hydroxylation sites is 1. The van der Waals surface area contributed by atoms with Gasteiger partial charge in [-0.15, -0.1) is 0 Å². The van der Waals surface area contributed by atoms with Gasteiger partial charge in [-0.1, -0.05) is 18.2 Å². The predicted octanol–water partition coefficient (Wildman–Crippen LogP) is 1.57. The molecule has 4 nitrogen and oxygen atoms in total. The Hall–Kier alpha value is -1.55. The Morgan fingerprint density at radius 3 is 2.84 bits per heavy atom. The molecule has 1 aliphatic carbocycles. The Morgan fingerprint density at radius 2 is 2.11 bits per heavy atom. The van der Waals surface area contributed by atoms with Crippen LogP contribution in [-0.4, -0.2) is 41.7 Å². The first-order valence-corrected chi connectivity index (χ1v) is 7.05. The van der Waals surface area contributed by atoms with E-state index in [-0.39, 0.29) is 18.4 Å². The van der Waals surface area contributed by atoms with Crippen LogP contribution in [0.5, 0.6) is 0 Å². The number of carbonyl (C=O) groups is 1. The number of benzene rings is 1. The summed E-state index contributed by atoms with van der Waals surface area (Å²) in [6.45, 7) is 1.36. The van der Waals surface area contributed by atoms with Gasteiger partial charge in [0.25, 0.3) is 0 Å². The van der Waals surface area contributed by atoms with Crippen molar-refractivity contribution in [3.05, 3.63) is 29.8 Å². The number of hydrogen-bond donors (Lipinski definition) is 2. The fraction of sp³-hybridized carbons (Fsp3) is 0.533. The van der Waals surface area contributed by atoms with E-state index in [2.05, 4.69) is 5.32 Å². The number of nitrogens with zero attached hydrogens (tertiary/aromatic N) is 1. The lowest BCUT2D eigenvalue weighted by Crippen LogP contribution is -2.40. The minimum absolute atomic E-state index is 0.0505. The summed E-state index contributed by atoms with van der Waals surface area (Å²) in [6.07, 6.45) is 3.00. The van der Waals surface area contributed by atoms with Crippen molar-refractivity contribution in [1.29, 1.82) is 0 Å². The lowest BCUT2D eigenvalue weighted by Gasteiger charge is -2.31. The van der Waals surface area contributed by atoms with E-state index < -0.39 is 0 Å². The summed E-state index contributed by atoms with van der Waals surface area (Å²) >= 11 is 0. The molecule has 3 rings (SSSR count). The number of amides is 1. The van der Waals surface area contributed by atoms with Gasteiger partial charge < -0.3 is 15.3 Å². The van der Waals surface area contributed by atoms with Gasteiger partial charge in [0.2, 0.25) is 5.91 Å². The summed E-state index contributed by atoms with van der Waals surface area (Å²) in [5, 5.41) is 12.5. The maximum absolute atomic E-state index is 12.7. The van der Waals surface area contributed by atoms with Crippen LogP contribution in [-0.2, 0) is 4.79 Å². The average molecular weight is 260 g/mol. The normalized spacial score (nSPS) is 21.4. The van der Waals surface area contributed by atoms with Gasteiger partial charge in [-0.05, 0) is 30.9 Å². The van der Waals surface area contributed by atoms with E-state index in [1.807, 2.05) is 29.2 Å². The van der Waals surface area contributed by atoms with Gasteiger partial charge in [-0.3, -0.25) is 4.79 Å². The van der Waals surface area contributed by atoms with Gasteiger partial charge in [0.05, 0.1) is 12.5 Å². The second-order valence-corrected chi connectivity index (χ2v) is 5.34. The Morgan fingerprint density at radius 1 is 1.32 bits per heavy atom. The summed E-state index contributed by atoms with van der Waals surface area (Å²) in [6, 6.07) is 8.41. The topological polar surface area (TPSA) is 52.6 Å². The van der Waals surface area contributed by atoms with E-state index in [4.69, 9.17) is 5.11 Å². The van der Waals surface area contributed by atoms with Gasteiger partial charge in [0.1, 0.15) is 0 Å². The van der Waals surface area contributed by atoms with E-state index in [1.165, 1.54) is 0 Å². The number of anilines is 1. The Bertz CT molecular complexity index is 471. The highest BCUT2D eigenvalue weighted by atomic mass is 16.3. The molecule has 2 N–H and O–H groups in total. The second kappa shape index (κ2) is 5.21. The van der Waals surface area contributed by atoms with E-state index >= 15 is 0 Å². The van der Waals surface area contributed by atoms with Crippen LogP contribution in [0.2, 0.25) is 0 Å². The first-order chi connectivity index (χ1) is 9.31. The van der Waals surface area contributed by atoms with Crippen molar-refractivity contribution in [2.24, 2.45) is 0 Å². The molecule has 1 saturated carbocycles. The summed E-state index contributed by atoms with van der Waals surface area (Å²) in [7, 11) is 0. The predicted molar refractivity (Wildman–Crippen MR) is 74.1 cm³/mol. The first kappa shape index (κ1) is 12.5. The largest absolute Gasteiger partial charge is 0.395 e. The molecule has 1 aliphatic heterocycles. The van der Waals surface area contributed by atoms with Gasteiger partial charge in [0, 0.05) is 24.8 Å². The van der Waals surface area contributed by atoms with Gasteiger partial charge in [0.15, 0.2) is 0 Å². The van der Waals surface area contributed by atoms with Gasteiger partial charge in [-0.2, -0.15) is 0 Å². The highest BCUT2D eigenvalue weighted by Crippen LogP contribution is 2.35. The van der Waals surface area contributed by atoms with E-state index in [0.29, 0.717) is 12.6 Å². The molecule has 0 aromatic heterocycles. The Balaban J connectivity index is 1.83. The monoisotopic (exact) mass is 260 g/mol. The van der Waals surface area contributed by atoms with Crippen molar-refractivity contribution in [2.45, 2.75) is 31.2 Å². The molecule has 1 unspecified atom stereocenters. The van der Waals surface area contributed by atoms with Crippen molar-refractivity contribution in [1.82, 2.24) is 4.90 Å². The fourth-order valence-electron chi connectivity index (χ4n) is 2.89. The van der Waals surface area contributed by atoms with Crippen LogP contribution >= 0.6 is 0 Å². The molecular formula is C15H20N2O2. The second-order valence-electron chi connectivity index (χ2n) is 5.34. The highest BCUT2D eigenvalue weighted by molar-refractivity contribution is 5.86. The molecular weight excluding hydrogens is 240 g/mol. The lowest BCUT2D eigenvalue weighted by atomic mass is 9.89. The van der Waals surface area contributed by atoms with Crippen LogP contribution in [0.25, 0.3) is 0 Å². The molecule has 1 amide bonds. The number of nitrogens with one attached hydrogen (secondary N) is 1. The van der Waals surface area contributed by atoms with Crippen LogP contribution < -0.4 is 5.32 Å². The number of aliphatic hydroxyl groups is 1. The third-order valence-corrected chi connectivity index (χ3v) is 3.99. The molecule has 1 atom stereocenters. The molecule has 0 spiro atoms. The summed E-state index contributed by atoms with van der Waals surface area (Å²) < 4.78 is 0. The molecule has 1 aromatic rings. The summed E-state index contributed by atoms with van der Waals surface area (Å²) in [5.74, 6) is 0.134. The highest BCUT2D eigenvalue weighted by Gasteiger charge is 2.37. The molecule has 19 heavy (non-hydrogen) atoms. The average Bonchev–Trinajstić information content (AvgIpc) is 3.28. The minimum Gasteiger partial charge on any atom is -0.395 e. The summed E-state index contributed by atoms with van der Waals surface area (Å²) in [5.41, 5.74) is 2.18. The standard InChI is InChI=1S/C15H20N2O2/c18-10-9-17(11-5-6-11)15(19)13-7-8-16-14-4-2-1-3-12(13)14/h1-4,11,13,16,18H,5-10H2. The lowest BCUT2D eigenvalue weighted by molar-refractivity contribution is -0.134. The van der Waals surface area contributed by atoms with Crippen LogP contribution in [0.15, 0.2) is 24.3 Å². The molecule has 0 saturated heterocycles. The summed E-state index contributed by atoms with van der Waals surface area (Å²) in [4.78, 5) is 14.6. The third kappa shape index (κ3) is 2.45. The van der Waals surface area contributed by atoms with Crippen molar-refractivity contribution < 1.29 is 9.90 Å². The number of hydrogen-bond acceptors (Lipinski definition) is 3. The van der Waals surface area contributed by atoms with Crippen molar-refractivity contribution in [3.8, 4) is 0 Å². The van der Waals surface area contributed by atoms with Crippen molar-refractivity contribution >= 4 is 11.6 Å². The van der Waals surface area contributed by atoms with Crippen LogP contribution in [0.3, 0.4) is 0 Å². The fourth-order valence-corrected chi connectivity index (χ4v) is 2.89. The molecule has 0 bridgehead atoms. The smallest absolute Gasteiger partial charge is 0.230 e. The molecule has 0 radical (unpaired) electrons. The third-order valence-electron chi connectivity index (χ3n) is 3.99. The van der Waals surface area contributed by atoms with Gasteiger partial charge in [-0.25, -0.2) is 0 Å². The number of fused-ring (bicyclic) bond motifs is 1. The molecule has 2 aliphatic rings. The van der Waals surface area contributed by atoms with Crippen molar-refractivity contribution in [2.75, 3.05) is 25.0 Å². The SMILES string of the molecule is O=C(C1CCNc2ccccc21)N(CCO)C1CC1. The Kier molecular flexibility index (Phi) is 3.42. The van der Waals surface area contributed by atoms with Gasteiger partial charge >= 0.3 is 0 Å². The number of carbonyl (C=O) groups excluding carboxylic acids is 1. The zero-order valence-corrected chi connectivity index (χ0v) is 11.0. The first-order valence-electron chi connectivity index (χ1n) is 7.05.